The summed E-state index contributed by atoms with van der Waals surface area (Å²) in [6.45, 7) is 10.2. The number of carbonyl (C=O) groups excluding carboxylic acids is 2. The van der Waals surface area contributed by atoms with E-state index in [1.165, 1.54) is 0 Å². The Labute approximate surface area is 161 Å². The van der Waals surface area contributed by atoms with Crippen molar-refractivity contribution in [1.82, 2.24) is 20.0 Å². The second kappa shape index (κ2) is 7.90. The van der Waals surface area contributed by atoms with Gasteiger partial charge in [0.05, 0.1) is 12.2 Å². The molecule has 1 atom stereocenters. The number of rotatable bonds is 6. The van der Waals surface area contributed by atoms with E-state index in [0.717, 1.165) is 42.6 Å². The van der Waals surface area contributed by atoms with Crippen LogP contribution in [0.15, 0.2) is 0 Å². The van der Waals surface area contributed by atoms with Gasteiger partial charge in [-0.3, -0.25) is 9.89 Å². The van der Waals surface area contributed by atoms with E-state index in [1.807, 2.05) is 23.6 Å². The number of aryl methyl sites for hydroxylation is 2. The van der Waals surface area contributed by atoms with E-state index in [4.69, 9.17) is 4.74 Å². The first kappa shape index (κ1) is 19.7. The maximum absolute atomic E-state index is 12.6. The zero-order valence-corrected chi connectivity index (χ0v) is 17.0. The summed E-state index contributed by atoms with van der Waals surface area (Å²) in [7, 11) is 0. The van der Waals surface area contributed by atoms with Gasteiger partial charge in [0.1, 0.15) is 5.60 Å². The van der Waals surface area contributed by atoms with Crippen molar-refractivity contribution in [2.24, 2.45) is 0 Å². The van der Waals surface area contributed by atoms with Gasteiger partial charge in [0.25, 0.3) is 0 Å². The lowest BCUT2D eigenvalue weighted by Gasteiger charge is -2.37. The SMILES string of the molecule is CCC[C@H](C)N1CC2(CCN(C(=O)CCc3n[nH]c(C)c3C)CC2)OC1=O. The summed E-state index contributed by atoms with van der Waals surface area (Å²) in [4.78, 5) is 28.6. The molecular weight excluding hydrogens is 344 g/mol. The summed E-state index contributed by atoms with van der Waals surface area (Å²) in [5, 5.41) is 7.25. The average Bonchev–Trinajstić information content (AvgIpc) is 3.14. The standard InChI is InChI=1S/C20H32N4O3/c1-5-6-14(2)24-13-20(27-19(24)26)9-11-23(12-10-20)18(25)8-7-17-15(3)16(4)21-22-17/h14H,5-13H2,1-4H3,(H,21,22)/t14-/m0/s1. The number of amides is 2. The summed E-state index contributed by atoms with van der Waals surface area (Å²) in [6.07, 6.45) is 4.42. The van der Waals surface area contributed by atoms with Gasteiger partial charge in [-0.2, -0.15) is 5.10 Å². The van der Waals surface area contributed by atoms with E-state index in [1.54, 1.807) is 0 Å². The monoisotopic (exact) mass is 376 g/mol. The molecule has 0 aliphatic carbocycles. The molecule has 0 bridgehead atoms. The number of aromatic nitrogens is 2. The number of nitrogens with one attached hydrogen (secondary N) is 1. The highest BCUT2D eigenvalue weighted by Gasteiger charge is 2.48. The molecule has 3 rings (SSSR count). The number of nitrogens with zero attached hydrogens (tertiary/aromatic N) is 3. The van der Waals surface area contributed by atoms with Gasteiger partial charge in [-0.25, -0.2) is 4.79 Å². The highest BCUT2D eigenvalue weighted by atomic mass is 16.6. The fourth-order valence-corrected chi connectivity index (χ4v) is 4.15. The Morgan fingerprint density at radius 2 is 2.04 bits per heavy atom. The minimum atomic E-state index is -0.411. The molecule has 1 aromatic rings. The van der Waals surface area contributed by atoms with E-state index in [-0.39, 0.29) is 18.0 Å². The van der Waals surface area contributed by atoms with Gasteiger partial charge in [0.15, 0.2) is 0 Å². The van der Waals surface area contributed by atoms with Gasteiger partial charge in [-0.15, -0.1) is 0 Å². The first-order chi connectivity index (χ1) is 12.8. The number of H-pyrrole nitrogens is 1. The second-order valence-electron chi connectivity index (χ2n) is 8.12. The van der Waals surface area contributed by atoms with E-state index < -0.39 is 5.60 Å². The Hall–Kier alpha value is -2.05. The summed E-state index contributed by atoms with van der Waals surface area (Å²) in [6, 6.07) is 0.210. The Balaban J connectivity index is 1.50. The lowest BCUT2D eigenvalue weighted by atomic mass is 9.90. The normalized spacial score (nSPS) is 20.2. The molecule has 2 amide bonds. The van der Waals surface area contributed by atoms with Crippen molar-refractivity contribution in [3.8, 4) is 0 Å². The Bertz CT molecular complexity index is 691. The smallest absolute Gasteiger partial charge is 0.410 e. The van der Waals surface area contributed by atoms with Crippen molar-refractivity contribution < 1.29 is 14.3 Å². The van der Waals surface area contributed by atoms with Gasteiger partial charge in [0, 0.05) is 50.5 Å². The minimum absolute atomic E-state index is 0.158. The molecule has 3 heterocycles. The summed E-state index contributed by atoms with van der Waals surface area (Å²) in [5.41, 5.74) is 2.76. The molecule has 7 heteroatoms. The average molecular weight is 377 g/mol. The molecule has 1 N–H and O–H groups in total. The number of ether oxygens (including phenoxy) is 1. The van der Waals surface area contributed by atoms with Crippen LogP contribution in [0.25, 0.3) is 0 Å². The number of aromatic amines is 1. The van der Waals surface area contributed by atoms with Gasteiger partial charge in [-0.1, -0.05) is 13.3 Å². The quantitative estimate of drug-likeness (QED) is 0.828. The van der Waals surface area contributed by atoms with Gasteiger partial charge < -0.3 is 14.5 Å². The molecule has 0 radical (unpaired) electrons. The molecule has 7 nitrogen and oxygen atoms in total. The van der Waals surface area contributed by atoms with E-state index in [0.29, 0.717) is 32.5 Å². The van der Waals surface area contributed by atoms with Crippen LogP contribution in [0.1, 0.15) is 62.9 Å². The molecule has 2 aliphatic heterocycles. The predicted molar refractivity (Wildman–Crippen MR) is 102 cm³/mol. The molecule has 0 saturated carbocycles. The third kappa shape index (κ3) is 4.12. The molecule has 2 fully saturated rings. The van der Waals surface area contributed by atoms with Crippen molar-refractivity contribution in [2.75, 3.05) is 19.6 Å². The number of hydrogen-bond donors (Lipinski definition) is 1. The van der Waals surface area contributed by atoms with Crippen LogP contribution >= 0.6 is 0 Å². The molecule has 150 valence electrons. The molecule has 0 unspecified atom stereocenters. The van der Waals surface area contributed by atoms with E-state index >= 15 is 0 Å². The van der Waals surface area contributed by atoms with Crippen LogP contribution in [0, 0.1) is 13.8 Å². The number of carbonyl (C=O) groups is 2. The molecule has 2 saturated heterocycles. The highest BCUT2D eigenvalue weighted by molar-refractivity contribution is 5.77. The highest BCUT2D eigenvalue weighted by Crippen LogP contribution is 2.35. The van der Waals surface area contributed by atoms with Crippen LogP contribution in [0.4, 0.5) is 4.79 Å². The summed E-state index contributed by atoms with van der Waals surface area (Å²) >= 11 is 0. The van der Waals surface area contributed by atoms with Crippen molar-refractivity contribution in [3.05, 3.63) is 17.0 Å². The maximum Gasteiger partial charge on any atom is 0.410 e. The van der Waals surface area contributed by atoms with Crippen LogP contribution in [-0.2, 0) is 16.0 Å². The molecule has 27 heavy (non-hydrogen) atoms. The summed E-state index contributed by atoms with van der Waals surface area (Å²) in [5.74, 6) is 0.158. The molecular formula is C20H32N4O3. The molecule has 2 aliphatic rings. The first-order valence-electron chi connectivity index (χ1n) is 10.1. The number of likely N-dealkylation sites (tertiary alicyclic amines) is 1. The van der Waals surface area contributed by atoms with Gasteiger partial charge in [-0.05, 0) is 32.8 Å². The third-order valence-corrected chi connectivity index (χ3v) is 6.19. The largest absolute Gasteiger partial charge is 0.441 e. The topological polar surface area (TPSA) is 78.5 Å². The third-order valence-electron chi connectivity index (χ3n) is 6.19. The van der Waals surface area contributed by atoms with Crippen LogP contribution in [0.3, 0.4) is 0 Å². The van der Waals surface area contributed by atoms with E-state index in [2.05, 4.69) is 24.0 Å². The number of hydrogen-bond acceptors (Lipinski definition) is 4. The molecule has 1 spiro atoms. The number of piperidine rings is 1. The van der Waals surface area contributed by atoms with Gasteiger partial charge in [0.2, 0.25) is 5.91 Å². The van der Waals surface area contributed by atoms with Crippen molar-refractivity contribution in [3.63, 3.8) is 0 Å². The zero-order chi connectivity index (χ0) is 19.6. The van der Waals surface area contributed by atoms with Crippen LogP contribution in [-0.4, -0.2) is 63.3 Å². The van der Waals surface area contributed by atoms with Crippen molar-refractivity contribution in [1.29, 1.82) is 0 Å². The maximum atomic E-state index is 12.6. The lowest BCUT2D eigenvalue weighted by Crippen LogP contribution is -2.49. The Morgan fingerprint density at radius 3 is 2.63 bits per heavy atom. The fraction of sp³-hybridized carbons (Fsp3) is 0.750. The van der Waals surface area contributed by atoms with Crippen molar-refractivity contribution in [2.45, 2.75) is 77.9 Å². The minimum Gasteiger partial charge on any atom is -0.441 e. The van der Waals surface area contributed by atoms with Crippen LogP contribution in [0.2, 0.25) is 0 Å². The lowest BCUT2D eigenvalue weighted by molar-refractivity contribution is -0.134. The van der Waals surface area contributed by atoms with E-state index in [9.17, 15) is 9.59 Å². The molecule has 1 aromatic heterocycles. The summed E-state index contributed by atoms with van der Waals surface area (Å²) < 4.78 is 5.78. The fourth-order valence-electron chi connectivity index (χ4n) is 4.15. The Kier molecular flexibility index (Phi) is 5.77. The van der Waals surface area contributed by atoms with Crippen LogP contribution in [0.5, 0.6) is 0 Å². The Morgan fingerprint density at radius 1 is 1.33 bits per heavy atom. The van der Waals surface area contributed by atoms with Crippen molar-refractivity contribution >= 4 is 12.0 Å². The second-order valence-corrected chi connectivity index (χ2v) is 8.12. The van der Waals surface area contributed by atoms with Gasteiger partial charge >= 0.3 is 6.09 Å². The predicted octanol–water partition coefficient (Wildman–Crippen LogP) is 2.96. The van der Waals surface area contributed by atoms with Crippen LogP contribution < -0.4 is 0 Å². The first-order valence-corrected chi connectivity index (χ1v) is 10.1. The molecule has 0 aromatic carbocycles. The zero-order valence-electron chi connectivity index (χ0n) is 17.0.